The van der Waals surface area contributed by atoms with Gasteiger partial charge in [-0.05, 0) is 50.2 Å². The van der Waals surface area contributed by atoms with Crippen LogP contribution in [0.25, 0.3) is 0 Å². The summed E-state index contributed by atoms with van der Waals surface area (Å²) in [5, 5.41) is 2.74. The van der Waals surface area contributed by atoms with Crippen molar-refractivity contribution in [2.45, 2.75) is 31.4 Å². The summed E-state index contributed by atoms with van der Waals surface area (Å²) in [6.07, 6.45) is 0. The Hall–Kier alpha value is -2.56. The Balaban J connectivity index is 1.55. The first-order valence-electron chi connectivity index (χ1n) is 9.83. The van der Waals surface area contributed by atoms with E-state index in [4.69, 9.17) is 0 Å². The number of halogens is 2. The predicted molar refractivity (Wildman–Crippen MR) is 113 cm³/mol. The molecule has 0 radical (unpaired) electrons. The number of anilines is 1. The molecular weight excluding hydrogens is 428 g/mol. The lowest BCUT2D eigenvalue weighted by atomic mass is 10.2. The Morgan fingerprint density at radius 2 is 1.58 bits per heavy atom. The number of piperazine rings is 1. The van der Waals surface area contributed by atoms with E-state index in [1.165, 1.54) is 28.6 Å². The SMILES string of the molecule is Cc1ccc(S(=O)(=O)N2CCN(C(C)C(=O)Nc3ccc(OC(F)F)cc3)CC2)cc1. The van der Waals surface area contributed by atoms with Crippen LogP contribution in [0.1, 0.15) is 12.5 Å². The number of aryl methyl sites for hydroxylation is 1. The number of nitrogens with one attached hydrogen (secondary N) is 1. The van der Waals surface area contributed by atoms with Gasteiger partial charge in [-0.15, -0.1) is 0 Å². The van der Waals surface area contributed by atoms with Gasteiger partial charge < -0.3 is 10.1 Å². The number of sulfonamides is 1. The van der Waals surface area contributed by atoms with Crippen molar-refractivity contribution in [3.05, 3.63) is 54.1 Å². The summed E-state index contributed by atoms with van der Waals surface area (Å²) in [4.78, 5) is 14.7. The number of benzene rings is 2. The van der Waals surface area contributed by atoms with Crippen LogP contribution < -0.4 is 10.1 Å². The van der Waals surface area contributed by atoms with E-state index in [2.05, 4.69) is 10.1 Å². The molecule has 10 heteroatoms. The number of hydrogen-bond donors (Lipinski definition) is 1. The van der Waals surface area contributed by atoms with Crippen molar-refractivity contribution >= 4 is 21.6 Å². The van der Waals surface area contributed by atoms with Gasteiger partial charge in [0.1, 0.15) is 5.75 Å². The molecule has 168 valence electrons. The maximum Gasteiger partial charge on any atom is 0.387 e. The molecule has 1 unspecified atom stereocenters. The van der Waals surface area contributed by atoms with E-state index in [1.807, 2.05) is 11.8 Å². The van der Waals surface area contributed by atoms with Crippen molar-refractivity contribution < 1.29 is 26.7 Å². The van der Waals surface area contributed by atoms with Crippen LogP contribution in [-0.4, -0.2) is 62.4 Å². The van der Waals surface area contributed by atoms with Crippen molar-refractivity contribution in [1.29, 1.82) is 0 Å². The van der Waals surface area contributed by atoms with Crippen molar-refractivity contribution in [2.24, 2.45) is 0 Å². The summed E-state index contributed by atoms with van der Waals surface area (Å²) < 4.78 is 55.8. The lowest BCUT2D eigenvalue weighted by Gasteiger charge is -2.36. The smallest absolute Gasteiger partial charge is 0.387 e. The van der Waals surface area contributed by atoms with Gasteiger partial charge in [0.15, 0.2) is 0 Å². The number of carbonyl (C=O) groups excluding carboxylic acids is 1. The molecule has 1 aliphatic heterocycles. The molecule has 0 spiro atoms. The molecular formula is C21H25F2N3O4S. The molecule has 31 heavy (non-hydrogen) atoms. The molecule has 1 N–H and O–H groups in total. The van der Waals surface area contributed by atoms with Crippen LogP contribution in [0.5, 0.6) is 5.75 Å². The number of nitrogens with zero attached hydrogens (tertiary/aromatic N) is 2. The summed E-state index contributed by atoms with van der Waals surface area (Å²) in [5.41, 5.74) is 1.44. The molecule has 0 saturated carbocycles. The standard InChI is InChI=1S/C21H25F2N3O4S/c1-15-3-9-19(10-4-15)31(28,29)26-13-11-25(12-14-26)16(2)20(27)24-17-5-7-18(8-6-17)30-21(22)23/h3-10,16,21H,11-14H2,1-2H3,(H,24,27). The molecule has 2 aromatic carbocycles. The third-order valence-corrected chi connectivity index (χ3v) is 7.12. The fourth-order valence-corrected chi connectivity index (χ4v) is 4.74. The summed E-state index contributed by atoms with van der Waals surface area (Å²) in [6, 6.07) is 11.9. The Morgan fingerprint density at radius 3 is 2.13 bits per heavy atom. The highest BCUT2D eigenvalue weighted by Gasteiger charge is 2.31. The van der Waals surface area contributed by atoms with E-state index in [0.29, 0.717) is 18.8 Å². The van der Waals surface area contributed by atoms with Crippen LogP contribution in [0, 0.1) is 6.92 Å². The number of ether oxygens (including phenoxy) is 1. The second-order valence-corrected chi connectivity index (χ2v) is 9.26. The minimum Gasteiger partial charge on any atom is -0.435 e. The fraction of sp³-hybridized carbons (Fsp3) is 0.381. The number of alkyl halides is 2. The van der Waals surface area contributed by atoms with Gasteiger partial charge in [-0.1, -0.05) is 17.7 Å². The highest BCUT2D eigenvalue weighted by molar-refractivity contribution is 7.89. The molecule has 1 amide bonds. The van der Waals surface area contributed by atoms with Crippen molar-refractivity contribution in [3.63, 3.8) is 0 Å². The van der Waals surface area contributed by atoms with Crippen LogP contribution in [0.15, 0.2) is 53.4 Å². The van der Waals surface area contributed by atoms with Gasteiger partial charge in [-0.3, -0.25) is 9.69 Å². The molecule has 1 fully saturated rings. The third kappa shape index (κ3) is 5.78. The Bertz CT molecular complexity index is 990. The summed E-state index contributed by atoms with van der Waals surface area (Å²) >= 11 is 0. The average molecular weight is 454 g/mol. The Kier molecular flexibility index (Phi) is 7.24. The molecule has 3 rings (SSSR count). The summed E-state index contributed by atoms with van der Waals surface area (Å²) in [7, 11) is -3.57. The normalized spacial score (nSPS) is 16.8. The van der Waals surface area contributed by atoms with E-state index in [0.717, 1.165) is 5.56 Å². The van der Waals surface area contributed by atoms with Gasteiger partial charge in [0.2, 0.25) is 15.9 Å². The maximum atomic E-state index is 12.8. The number of carbonyl (C=O) groups is 1. The lowest BCUT2D eigenvalue weighted by molar-refractivity contribution is -0.121. The van der Waals surface area contributed by atoms with Gasteiger partial charge in [0.05, 0.1) is 10.9 Å². The van der Waals surface area contributed by atoms with E-state index in [1.54, 1.807) is 31.2 Å². The summed E-state index contributed by atoms with van der Waals surface area (Å²) in [5.74, 6) is -0.260. The zero-order chi connectivity index (χ0) is 22.6. The molecule has 0 bridgehead atoms. The van der Waals surface area contributed by atoms with Crippen LogP contribution in [0.2, 0.25) is 0 Å². The van der Waals surface area contributed by atoms with E-state index < -0.39 is 22.7 Å². The lowest BCUT2D eigenvalue weighted by Crippen LogP contribution is -2.53. The molecule has 2 aromatic rings. The van der Waals surface area contributed by atoms with Gasteiger partial charge in [0.25, 0.3) is 0 Å². The van der Waals surface area contributed by atoms with Gasteiger partial charge in [-0.2, -0.15) is 13.1 Å². The molecule has 1 heterocycles. The molecule has 0 aromatic heterocycles. The van der Waals surface area contributed by atoms with Crippen LogP contribution in [-0.2, 0) is 14.8 Å². The highest BCUT2D eigenvalue weighted by atomic mass is 32.2. The van der Waals surface area contributed by atoms with Crippen LogP contribution in [0.3, 0.4) is 0 Å². The number of rotatable bonds is 7. The monoisotopic (exact) mass is 453 g/mol. The number of amides is 1. The van der Waals surface area contributed by atoms with Gasteiger partial charge in [-0.25, -0.2) is 8.42 Å². The molecule has 1 atom stereocenters. The first kappa shape index (κ1) is 23.1. The van der Waals surface area contributed by atoms with Crippen molar-refractivity contribution in [1.82, 2.24) is 9.21 Å². The predicted octanol–water partition coefficient (Wildman–Crippen LogP) is 2.93. The molecule has 0 aliphatic carbocycles. The zero-order valence-corrected chi connectivity index (χ0v) is 18.1. The van der Waals surface area contributed by atoms with E-state index >= 15 is 0 Å². The highest BCUT2D eigenvalue weighted by Crippen LogP contribution is 2.20. The second kappa shape index (κ2) is 9.71. The summed E-state index contributed by atoms with van der Waals surface area (Å²) in [6.45, 7) is 2.14. The Morgan fingerprint density at radius 1 is 1.00 bits per heavy atom. The Labute approximate surface area is 180 Å². The molecule has 1 saturated heterocycles. The molecule has 1 aliphatic rings. The van der Waals surface area contributed by atoms with Gasteiger partial charge in [0, 0.05) is 31.9 Å². The first-order valence-corrected chi connectivity index (χ1v) is 11.3. The maximum absolute atomic E-state index is 12.8. The van der Waals surface area contributed by atoms with E-state index in [9.17, 15) is 22.0 Å². The average Bonchev–Trinajstić information content (AvgIpc) is 2.74. The third-order valence-electron chi connectivity index (χ3n) is 5.21. The van der Waals surface area contributed by atoms with Crippen LogP contribution >= 0.6 is 0 Å². The number of hydrogen-bond acceptors (Lipinski definition) is 5. The minimum atomic E-state index is -3.57. The van der Waals surface area contributed by atoms with Crippen LogP contribution in [0.4, 0.5) is 14.5 Å². The minimum absolute atomic E-state index is 0.00644. The first-order chi connectivity index (χ1) is 14.7. The van der Waals surface area contributed by atoms with Gasteiger partial charge >= 0.3 is 6.61 Å². The topological polar surface area (TPSA) is 79.0 Å². The van der Waals surface area contributed by atoms with Crippen molar-refractivity contribution in [3.8, 4) is 5.75 Å². The van der Waals surface area contributed by atoms with Crippen molar-refractivity contribution in [2.75, 3.05) is 31.5 Å². The second-order valence-electron chi connectivity index (χ2n) is 7.32. The van der Waals surface area contributed by atoms with E-state index in [-0.39, 0.29) is 29.6 Å². The molecule has 7 nitrogen and oxygen atoms in total. The fourth-order valence-electron chi connectivity index (χ4n) is 3.32. The largest absolute Gasteiger partial charge is 0.435 e. The zero-order valence-electron chi connectivity index (χ0n) is 17.3. The quantitative estimate of drug-likeness (QED) is 0.698.